The number of alkyl halides is 3. The average Bonchev–Trinajstić information content (AvgIpc) is 3.03. The minimum Gasteiger partial charge on any atom is -0.367 e. The molecule has 8 heteroatoms. The number of hydrogen-bond acceptors (Lipinski definition) is 5. The van der Waals surface area contributed by atoms with Crippen LogP contribution in [-0.4, -0.2) is 26.8 Å². The summed E-state index contributed by atoms with van der Waals surface area (Å²) in [6, 6.07) is 6.29. The van der Waals surface area contributed by atoms with Gasteiger partial charge in [0.15, 0.2) is 5.78 Å². The van der Waals surface area contributed by atoms with E-state index < -0.39 is 11.7 Å². The molecule has 1 unspecified atom stereocenters. The van der Waals surface area contributed by atoms with Crippen molar-refractivity contribution in [3.8, 4) is 11.3 Å². The Balaban J connectivity index is 1.56. The van der Waals surface area contributed by atoms with E-state index in [1.807, 2.05) is 12.1 Å². The van der Waals surface area contributed by atoms with E-state index in [0.717, 1.165) is 49.8 Å². The molecular formula is C25H25F3N4O. The van der Waals surface area contributed by atoms with Gasteiger partial charge in [-0.3, -0.25) is 14.8 Å². The molecule has 1 aliphatic carbocycles. The lowest BCUT2D eigenvalue weighted by Gasteiger charge is -2.19. The second-order valence-corrected chi connectivity index (χ2v) is 8.44. The third kappa shape index (κ3) is 5.38. The van der Waals surface area contributed by atoms with Gasteiger partial charge in [-0.25, -0.2) is 4.98 Å². The number of nitrogens with zero attached hydrogens (tertiary/aromatic N) is 3. The minimum absolute atomic E-state index is 0.0950. The van der Waals surface area contributed by atoms with Crippen LogP contribution in [0.2, 0.25) is 0 Å². The maximum atomic E-state index is 12.9. The fraction of sp³-hybridized carbons (Fsp3) is 0.360. The number of carbonyl (C=O) groups is 1. The van der Waals surface area contributed by atoms with Crippen molar-refractivity contribution in [1.29, 1.82) is 0 Å². The summed E-state index contributed by atoms with van der Waals surface area (Å²) < 4.78 is 38.7. The van der Waals surface area contributed by atoms with E-state index in [1.165, 1.54) is 12.1 Å². The highest BCUT2D eigenvalue weighted by molar-refractivity contribution is 5.98. The van der Waals surface area contributed by atoms with Crippen molar-refractivity contribution < 1.29 is 18.0 Å². The van der Waals surface area contributed by atoms with Crippen LogP contribution >= 0.6 is 0 Å². The summed E-state index contributed by atoms with van der Waals surface area (Å²) in [6.45, 7) is 3.56. The smallest absolute Gasteiger partial charge is 0.367 e. The summed E-state index contributed by atoms with van der Waals surface area (Å²) in [5.74, 6) is 1.17. The van der Waals surface area contributed by atoms with Gasteiger partial charge in [-0.1, -0.05) is 13.0 Å². The topological polar surface area (TPSA) is 67.8 Å². The molecule has 0 aromatic carbocycles. The predicted octanol–water partition coefficient (Wildman–Crippen LogP) is 6.22. The molecule has 1 aliphatic rings. The second kappa shape index (κ2) is 9.68. The van der Waals surface area contributed by atoms with Crippen LogP contribution in [0.5, 0.6) is 0 Å². The lowest BCUT2D eigenvalue weighted by molar-refractivity contribution is -0.137. The van der Waals surface area contributed by atoms with Gasteiger partial charge in [-0.15, -0.1) is 0 Å². The van der Waals surface area contributed by atoms with Gasteiger partial charge in [-0.2, -0.15) is 13.2 Å². The summed E-state index contributed by atoms with van der Waals surface area (Å²) in [5.41, 5.74) is 0.797. The van der Waals surface area contributed by atoms with Crippen molar-refractivity contribution in [2.45, 2.75) is 50.7 Å². The molecule has 1 fully saturated rings. The van der Waals surface area contributed by atoms with E-state index in [1.54, 1.807) is 12.4 Å². The van der Waals surface area contributed by atoms with Crippen LogP contribution in [0, 0.1) is 5.92 Å². The molecule has 172 valence electrons. The molecule has 0 aliphatic heterocycles. The number of carbonyl (C=O) groups excluding carboxylic acids is 1. The maximum Gasteiger partial charge on any atom is 0.417 e. The van der Waals surface area contributed by atoms with Crippen LogP contribution in [0.4, 0.5) is 19.0 Å². The zero-order chi connectivity index (χ0) is 23.4. The SMILES string of the molecule is C=CC(=O)CC1CCC[C@H](Nc2ncc(-c3ccc(C(F)(F)F)cn3)c3ncccc23)CC1. The number of allylic oxidation sites excluding steroid dienone is 1. The minimum atomic E-state index is -4.44. The quantitative estimate of drug-likeness (QED) is 0.354. The van der Waals surface area contributed by atoms with E-state index >= 15 is 0 Å². The zero-order valence-electron chi connectivity index (χ0n) is 18.1. The molecular weight excluding hydrogens is 429 g/mol. The molecule has 1 saturated carbocycles. The van der Waals surface area contributed by atoms with Gasteiger partial charge in [0, 0.05) is 42.0 Å². The molecule has 4 rings (SSSR count). The molecule has 0 bridgehead atoms. The van der Waals surface area contributed by atoms with E-state index in [2.05, 4.69) is 26.8 Å². The van der Waals surface area contributed by atoms with Gasteiger partial charge < -0.3 is 5.32 Å². The lowest BCUT2D eigenvalue weighted by atomic mass is 9.94. The van der Waals surface area contributed by atoms with Crippen molar-refractivity contribution in [2.24, 2.45) is 5.92 Å². The predicted molar refractivity (Wildman–Crippen MR) is 122 cm³/mol. The molecule has 3 aromatic rings. The highest BCUT2D eigenvalue weighted by Gasteiger charge is 2.31. The fourth-order valence-electron chi connectivity index (χ4n) is 4.38. The van der Waals surface area contributed by atoms with Crippen LogP contribution in [0.3, 0.4) is 0 Å². The monoisotopic (exact) mass is 454 g/mol. The first-order valence-corrected chi connectivity index (χ1v) is 11.0. The molecule has 33 heavy (non-hydrogen) atoms. The van der Waals surface area contributed by atoms with E-state index in [9.17, 15) is 18.0 Å². The number of rotatable bonds is 6. The molecule has 3 aromatic heterocycles. The van der Waals surface area contributed by atoms with Crippen LogP contribution in [0.1, 0.15) is 44.1 Å². The van der Waals surface area contributed by atoms with Gasteiger partial charge in [0.05, 0.1) is 16.8 Å². The maximum absolute atomic E-state index is 12.9. The highest BCUT2D eigenvalue weighted by Crippen LogP contribution is 2.34. The molecule has 0 amide bonds. The highest BCUT2D eigenvalue weighted by atomic mass is 19.4. The average molecular weight is 454 g/mol. The summed E-state index contributed by atoms with van der Waals surface area (Å²) >= 11 is 0. The summed E-state index contributed by atoms with van der Waals surface area (Å²) in [4.78, 5) is 24.8. The van der Waals surface area contributed by atoms with Crippen molar-refractivity contribution in [1.82, 2.24) is 15.0 Å². The normalized spacial score (nSPS) is 19.1. The fourth-order valence-corrected chi connectivity index (χ4v) is 4.38. The van der Waals surface area contributed by atoms with Crippen molar-refractivity contribution in [3.05, 3.63) is 61.1 Å². The Morgan fingerprint density at radius 2 is 1.94 bits per heavy atom. The van der Waals surface area contributed by atoms with Crippen molar-refractivity contribution in [3.63, 3.8) is 0 Å². The lowest BCUT2D eigenvalue weighted by Crippen LogP contribution is -2.19. The number of ketones is 1. The van der Waals surface area contributed by atoms with Gasteiger partial charge in [0.1, 0.15) is 5.82 Å². The molecule has 0 spiro atoms. The first kappa shape index (κ1) is 22.9. The standard InChI is InChI=1S/C25H25F3N4O/c1-2-19(33)13-16-5-3-6-18(10-8-16)32-24-20-7-4-12-29-23(20)21(15-31-24)22-11-9-17(14-30-22)25(26,27)28/h2,4,7,9,11-12,14-16,18H,1,3,5-6,8,10,13H2,(H,31,32)/t16?,18-/m0/s1. The molecule has 0 radical (unpaired) electrons. The van der Waals surface area contributed by atoms with Gasteiger partial charge in [0.25, 0.3) is 0 Å². The first-order chi connectivity index (χ1) is 15.8. The largest absolute Gasteiger partial charge is 0.417 e. The number of fused-ring (bicyclic) bond motifs is 1. The summed E-state index contributed by atoms with van der Waals surface area (Å²) in [5, 5.41) is 4.33. The van der Waals surface area contributed by atoms with Crippen LogP contribution in [0.15, 0.2) is 55.5 Å². The van der Waals surface area contributed by atoms with Crippen LogP contribution in [0.25, 0.3) is 22.2 Å². The number of pyridine rings is 3. The van der Waals surface area contributed by atoms with E-state index in [-0.39, 0.29) is 11.8 Å². The number of hydrogen-bond donors (Lipinski definition) is 1. The second-order valence-electron chi connectivity index (χ2n) is 8.44. The van der Waals surface area contributed by atoms with E-state index in [4.69, 9.17) is 0 Å². The van der Waals surface area contributed by atoms with Crippen LogP contribution in [-0.2, 0) is 11.0 Å². The van der Waals surface area contributed by atoms with Crippen molar-refractivity contribution in [2.75, 3.05) is 5.32 Å². The van der Waals surface area contributed by atoms with Gasteiger partial charge in [0.2, 0.25) is 0 Å². The Morgan fingerprint density at radius 1 is 1.09 bits per heavy atom. The molecule has 2 atom stereocenters. The van der Waals surface area contributed by atoms with Crippen LogP contribution < -0.4 is 5.32 Å². The Bertz CT molecular complexity index is 1140. The molecule has 5 nitrogen and oxygen atoms in total. The Kier molecular flexibility index (Phi) is 6.72. The molecule has 1 N–H and O–H groups in total. The summed E-state index contributed by atoms with van der Waals surface area (Å²) in [6.07, 6.45) is 6.51. The van der Waals surface area contributed by atoms with Gasteiger partial charge >= 0.3 is 6.18 Å². The number of halogens is 3. The molecule has 3 heterocycles. The first-order valence-electron chi connectivity index (χ1n) is 11.0. The Hall–Kier alpha value is -3.29. The summed E-state index contributed by atoms with van der Waals surface area (Å²) in [7, 11) is 0. The third-order valence-corrected chi connectivity index (χ3v) is 6.15. The Morgan fingerprint density at radius 3 is 2.67 bits per heavy atom. The zero-order valence-corrected chi connectivity index (χ0v) is 18.1. The molecule has 0 saturated heterocycles. The van der Waals surface area contributed by atoms with E-state index in [0.29, 0.717) is 34.9 Å². The van der Waals surface area contributed by atoms with Crippen molar-refractivity contribution >= 4 is 22.5 Å². The Labute approximate surface area is 190 Å². The number of nitrogens with one attached hydrogen (secondary N) is 1. The number of aromatic nitrogens is 3. The number of anilines is 1. The van der Waals surface area contributed by atoms with Gasteiger partial charge in [-0.05, 0) is 61.9 Å². The third-order valence-electron chi connectivity index (χ3n) is 6.15.